The minimum Gasteiger partial charge on any atom is -0.480 e. The number of carboxylic acids is 1. The zero-order valence-electron chi connectivity index (χ0n) is 16.3. The number of nitrogens with one attached hydrogen (secondary N) is 1. The molecule has 2 atom stereocenters. The number of rotatable bonds is 7. The molecule has 2 unspecified atom stereocenters. The first-order chi connectivity index (χ1) is 13.4. The summed E-state index contributed by atoms with van der Waals surface area (Å²) in [7, 11) is 1.76. The van der Waals surface area contributed by atoms with Crippen LogP contribution in [0.2, 0.25) is 0 Å². The van der Waals surface area contributed by atoms with Gasteiger partial charge in [-0.25, -0.2) is 0 Å². The SMILES string of the molecule is CC(C(=O)Nc1cccc2ccccc12)N1CCOC(CN(C)CC(=O)O)C1. The van der Waals surface area contributed by atoms with Crippen molar-refractivity contribution in [2.45, 2.75) is 19.1 Å². The fraction of sp³-hybridized carbons (Fsp3) is 0.429. The summed E-state index contributed by atoms with van der Waals surface area (Å²) in [5.74, 6) is -0.922. The van der Waals surface area contributed by atoms with Crippen LogP contribution in [0.25, 0.3) is 10.8 Å². The van der Waals surface area contributed by atoms with Crippen molar-refractivity contribution < 1.29 is 19.4 Å². The van der Waals surface area contributed by atoms with E-state index >= 15 is 0 Å². The summed E-state index contributed by atoms with van der Waals surface area (Å²) in [5, 5.41) is 14.0. The van der Waals surface area contributed by atoms with Gasteiger partial charge in [0.2, 0.25) is 5.91 Å². The summed E-state index contributed by atoms with van der Waals surface area (Å²) in [4.78, 5) is 27.5. The molecule has 0 saturated carbocycles. The Morgan fingerprint density at radius 3 is 2.82 bits per heavy atom. The van der Waals surface area contributed by atoms with Crippen LogP contribution in [0, 0.1) is 0 Å². The standard InChI is InChI=1S/C21H27N3O4/c1-15(24-10-11-28-17(13-24)12-23(2)14-20(25)26)21(27)22-19-9-5-7-16-6-3-4-8-18(16)19/h3-9,15,17H,10-14H2,1-2H3,(H,22,27)(H,25,26). The number of carbonyl (C=O) groups excluding carboxylic acids is 1. The average molecular weight is 385 g/mol. The van der Waals surface area contributed by atoms with E-state index in [9.17, 15) is 9.59 Å². The lowest BCUT2D eigenvalue weighted by Gasteiger charge is -2.37. The molecule has 1 saturated heterocycles. The van der Waals surface area contributed by atoms with Gasteiger partial charge in [0, 0.05) is 30.7 Å². The summed E-state index contributed by atoms with van der Waals surface area (Å²) in [5.41, 5.74) is 0.806. The normalized spacial score (nSPS) is 18.9. The number of fused-ring (bicyclic) bond motifs is 1. The Labute approximate surface area is 164 Å². The highest BCUT2D eigenvalue weighted by Crippen LogP contribution is 2.23. The molecule has 2 aromatic carbocycles. The number of nitrogens with zero attached hydrogens (tertiary/aromatic N) is 2. The lowest BCUT2D eigenvalue weighted by molar-refractivity contribution is -0.138. The third-order valence-electron chi connectivity index (χ3n) is 5.07. The number of carboxylic acid groups (broad SMARTS) is 1. The maximum absolute atomic E-state index is 12.8. The summed E-state index contributed by atoms with van der Waals surface area (Å²) in [6, 6.07) is 13.5. The first-order valence-corrected chi connectivity index (χ1v) is 9.48. The van der Waals surface area contributed by atoms with E-state index in [0.29, 0.717) is 26.2 Å². The highest BCUT2D eigenvalue weighted by Gasteiger charge is 2.29. The van der Waals surface area contributed by atoms with Crippen LogP contribution in [0.5, 0.6) is 0 Å². The Kier molecular flexibility index (Phi) is 6.61. The number of aliphatic carboxylic acids is 1. The first-order valence-electron chi connectivity index (χ1n) is 9.48. The van der Waals surface area contributed by atoms with Crippen LogP contribution in [0.15, 0.2) is 42.5 Å². The third-order valence-corrected chi connectivity index (χ3v) is 5.07. The summed E-state index contributed by atoms with van der Waals surface area (Å²) in [6.45, 7) is 4.16. The predicted octanol–water partition coefficient (Wildman–Crippen LogP) is 1.88. The Bertz CT molecular complexity index is 836. The predicted molar refractivity (Wildman–Crippen MR) is 108 cm³/mol. The second-order valence-electron chi connectivity index (χ2n) is 7.27. The molecule has 2 N–H and O–H groups in total. The van der Waals surface area contributed by atoms with Crippen LogP contribution in [0.4, 0.5) is 5.69 Å². The largest absolute Gasteiger partial charge is 0.480 e. The van der Waals surface area contributed by atoms with Gasteiger partial charge in [0.1, 0.15) is 0 Å². The number of hydrogen-bond acceptors (Lipinski definition) is 5. The third kappa shape index (κ3) is 5.07. The molecule has 1 fully saturated rings. The van der Waals surface area contributed by atoms with Gasteiger partial charge in [-0.2, -0.15) is 0 Å². The average Bonchev–Trinajstić information content (AvgIpc) is 2.67. The molecule has 1 aliphatic heterocycles. The van der Waals surface area contributed by atoms with E-state index in [2.05, 4.69) is 10.2 Å². The molecule has 3 rings (SSSR count). The number of benzene rings is 2. The minimum absolute atomic E-state index is 0.0308. The lowest BCUT2D eigenvalue weighted by atomic mass is 10.1. The van der Waals surface area contributed by atoms with Gasteiger partial charge in [0.15, 0.2) is 0 Å². The van der Waals surface area contributed by atoms with Crippen LogP contribution in [-0.4, -0.2) is 78.8 Å². The summed E-state index contributed by atoms with van der Waals surface area (Å²) >= 11 is 0. The molecule has 0 aliphatic carbocycles. The van der Waals surface area contributed by atoms with Gasteiger partial charge in [-0.05, 0) is 25.4 Å². The van der Waals surface area contributed by atoms with E-state index < -0.39 is 5.97 Å². The van der Waals surface area contributed by atoms with Crippen LogP contribution in [0.1, 0.15) is 6.92 Å². The fourth-order valence-corrected chi connectivity index (χ4v) is 3.58. The van der Waals surface area contributed by atoms with E-state index in [1.165, 1.54) is 0 Å². The molecule has 1 amide bonds. The quantitative estimate of drug-likeness (QED) is 0.757. The van der Waals surface area contributed by atoms with Gasteiger partial charge in [-0.1, -0.05) is 36.4 Å². The van der Waals surface area contributed by atoms with Gasteiger partial charge in [-0.15, -0.1) is 0 Å². The highest BCUT2D eigenvalue weighted by atomic mass is 16.5. The highest BCUT2D eigenvalue weighted by molar-refractivity contribution is 6.03. The molecular weight excluding hydrogens is 358 g/mol. The van der Waals surface area contributed by atoms with Gasteiger partial charge in [0.05, 0.1) is 25.3 Å². The maximum Gasteiger partial charge on any atom is 0.317 e. The summed E-state index contributed by atoms with van der Waals surface area (Å²) < 4.78 is 5.76. The van der Waals surface area contributed by atoms with Crippen LogP contribution >= 0.6 is 0 Å². The molecule has 1 heterocycles. The molecule has 150 valence electrons. The fourth-order valence-electron chi connectivity index (χ4n) is 3.58. The molecule has 28 heavy (non-hydrogen) atoms. The molecule has 0 radical (unpaired) electrons. The molecule has 0 aromatic heterocycles. The Balaban J connectivity index is 1.61. The Morgan fingerprint density at radius 1 is 1.29 bits per heavy atom. The summed E-state index contributed by atoms with van der Waals surface area (Å²) in [6.07, 6.45) is -0.120. The zero-order valence-corrected chi connectivity index (χ0v) is 16.3. The van der Waals surface area contributed by atoms with Crippen LogP contribution in [-0.2, 0) is 14.3 Å². The minimum atomic E-state index is -0.863. The van der Waals surface area contributed by atoms with Crippen LogP contribution < -0.4 is 5.32 Å². The molecule has 1 aliphatic rings. The molecule has 2 aromatic rings. The van der Waals surface area contributed by atoms with Crippen molar-refractivity contribution in [3.8, 4) is 0 Å². The van der Waals surface area contributed by atoms with Crippen molar-refractivity contribution in [2.24, 2.45) is 0 Å². The van der Waals surface area contributed by atoms with Gasteiger partial charge < -0.3 is 15.2 Å². The zero-order chi connectivity index (χ0) is 20.1. The van der Waals surface area contributed by atoms with Crippen molar-refractivity contribution in [3.05, 3.63) is 42.5 Å². The van der Waals surface area contributed by atoms with E-state index in [1.807, 2.05) is 49.4 Å². The maximum atomic E-state index is 12.8. The number of hydrogen-bond donors (Lipinski definition) is 2. The van der Waals surface area contributed by atoms with Gasteiger partial charge in [-0.3, -0.25) is 19.4 Å². The molecule has 0 bridgehead atoms. The number of amides is 1. The Morgan fingerprint density at radius 2 is 2.04 bits per heavy atom. The molecular formula is C21H27N3O4. The molecule has 0 spiro atoms. The van der Waals surface area contributed by atoms with Crippen molar-refractivity contribution in [3.63, 3.8) is 0 Å². The van der Waals surface area contributed by atoms with Crippen molar-refractivity contribution in [1.82, 2.24) is 9.80 Å². The van der Waals surface area contributed by atoms with Gasteiger partial charge >= 0.3 is 5.97 Å². The van der Waals surface area contributed by atoms with Crippen LogP contribution in [0.3, 0.4) is 0 Å². The van der Waals surface area contributed by atoms with E-state index in [4.69, 9.17) is 9.84 Å². The van der Waals surface area contributed by atoms with E-state index in [0.717, 1.165) is 16.5 Å². The first kappa shape index (κ1) is 20.3. The Hall–Kier alpha value is -2.48. The van der Waals surface area contributed by atoms with Crippen molar-refractivity contribution in [2.75, 3.05) is 45.2 Å². The second-order valence-corrected chi connectivity index (χ2v) is 7.27. The van der Waals surface area contributed by atoms with Gasteiger partial charge in [0.25, 0.3) is 0 Å². The number of likely N-dealkylation sites (N-methyl/N-ethyl adjacent to an activating group) is 1. The molecule has 7 nitrogen and oxygen atoms in total. The van der Waals surface area contributed by atoms with E-state index in [-0.39, 0.29) is 24.6 Å². The topological polar surface area (TPSA) is 82.1 Å². The number of morpholine rings is 1. The number of carbonyl (C=O) groups is 2. The number of ether oxygens (including phenoxy) is 1. The second kappa shape index (κ2) is 9.14. The smallest absolute Gasteiger partial charge is 0.317 e. The number of anilines is 1. The lowest BCUT2D eigenvalue weighted by Crippen LogP contribution is -2.53. The van der Waals surface area contributed by atoms with Crippen molar-refractivity contribution >= 4 is 28.3 Å². The molecule has 7 heteroatoms. The van der Waals surface area contributed by atoms with E-state index in [1.54, 1.807) is 11.9 Å². The monoisotopic (exact) mass is 385 g/mol. The van der Waals surface area contributed by atoms with Crippen molar-refractivity contribution in [1.29, 1.82) is 0 Å².